The fourth-order valence-electron chi connectivity index (χ4n) is 3.20. The summed E-state index contributed by atoms with van der Waals surface area (Å²) in [5.41, 5.74) is 0.938. The fourth-order valence-corrected chi connectivity index (χ4v) is 3.20. The Morgan fingerprint density at radius 3 is 2.83 bits per heavy atom. The topological polar surface area (TPSA) is 42.4 Å². The van der Waals surface area contributed by atoms with E-state index in [0.29, 0.717) is 12.4 Å². The number of pyridine rings is 1. The lowest BCUT2D eigenvalue weighted by molar-refractivity contribution is -0.134. The lowest BCUT2D eigenvalue weighted by atomic mass is 10.0. The summed E-state index contributed by atoms with van der Waals surface area (Å²) in [5, 5.41) is 1.11. The molecule has 0 spiro atoms. The smallest absolute Gasteiger partial charge is 0.225 e. The van der Waals surface area contributed by atoms with E-state index in [9.17, 15) is 4.79 Å². The Balaban J connectivity index is 1.64. The molecule has 0 aliphatic carbocycles. The minimum absolute atomic E-state index is 0.0435. The molecule has 1 saturated heterocycles. The number of hydrogen-bond acceptors (Lipinski definition) is 3. The molecule has 1 unspecified atom stereocenters. The number of nitrogens with zero attached hydrogens (tertiary/aromatic N) is 2. The first-order valence-electron chi connectivity index (χ1n) is 8.52. The van der Waals surface area contributed by atoms with Crippen molar-refractivity contribution in [2.45, 2.75) is 39.2 Å². The summed E-state index contributed by atoms with van der Waals surface area (Å²) < 4.78 is 6.01. The Hall–Kier alpha value is -2.10. The van der Waals surface area contributed by atoms with E-state index in [1.807, 2.05) is 41.3 Å². The molecule has 0 N–H and O–H groups in total. The number of para-hydroxylation sites is 1. The maximum atomic E-state index is 12.4. The Morgan fingerprint density at radius 1 is 1.26 bits per heavy atom. The number of likely N-dealkylation sites (tertiary alicyclic amines) is 1. The van der Waals surface area contributed by atoms with Crippen LogP contribution in [0.3, 0.4) is 0 Å². The zero-order valence-corrected chi connectivity index (χ0v) is 13.9. The van der Waals surface area contributed by atoms with E-state index in [1.54, 1.807) is 0 Å². The van der Waals surface area contributed by atoms with Gasteiger partial charge in [0, 0.05) is 30.3 Å². The number of fused-ring (bicyclic) bond motifs is 1. The van der Waals surface area contributed by atoms with Gasteiger partial charge in [0.15, 0.2) is 0 Å². The van der Waals surface area contributed by atoms with Gasteiger partial charge in [0.2, 0.25) is 11.8 Å². The second-order valence-electron chi connectivity index (χ2n) is 6.17. The van der Waals surface area contributed by atoms with E-state index in [-0.39, 0.29) is 17.9 Å². The van der Waals surface area contributed by atoms with Crippen LogP contribution in [-0.2, 0) is 4.79 Å². The van der Waals surface area contributed by atoms with Crippen LogP contribution in [0.15, 0.2) is 36.4 Å². The number of aromatic nitrogens is 1. The third-order valence-corrected chi connectivity index (χ3v) is 4.65. The van der Waals surface area contributed by atoms with Crippen LogP contribution < -0.4 is 4.74 Å². The van der Waals surface area contributed by atoms with Crippen molar-refractivity contribution in [2.75, 3.05) is 13.1 Å². The van der Waals surface area contributed by atoms with Crippen molar-refractivity contribution < 1.29 is 9.53 Å². The molecular formula is C19H24N2O2. The molecule has 1 aliphatic rings. The maximum Gasteiger partial charge on any atom is 0.225 e. The molecule has 2 heterocycles. The van der Waals surface area contributed by atoms with Gasteiger partial charge < -0.3 is 9.64 Å². The number of carbonyl (C=O) groups is 1. The molecule has 1 atom stereocenters. The Bertz CT molecular complexity index is 682. The van der Waals surface area contributed by atoms with Crippen molar-refractivity contribution in [1.82, 2.24) is 9.88 Å². The summed E-state index contributed by atoms with van der Waals surface area (Å²) in [6.45, 7) is 5.61. The third-order valence-electron chi connectivity index (χ3n) is 4.65. The summed E-state index contributed by atoms with van der Waals surface area (Å²) >= 11 is 0. The van der Waals surface area contributed by atoms with Gasteiger partial charge in [-0.2, -0.15) is 0 Å². The highest BCUT2D eigenvalue weighted by Gasteiger charge is 2.30. The van der Waals surface area contributed by atoms with Crippen LogP contribution in [0.25, 0.3) is 10.9 Å². The van der Waals surface area contributed by atoms with E-state index in [1.165, 1.54) is 0 Å². The molecule has 1 aliphatic heterocycles. The maximum absolute atomic E-state index is 12.4. The second-order valence-corrected chi connectivity index (χ2v) is 6.17. The predicted octanol–water partition coefficient (Wildman–Crippen LogP) is 3.65. The average Bonchev–Trinajstić information content (AvgIpc) is 3.04. The van der Waals surface area contributed by atoms with Crippen molar-refractivity contribution in [2.24, 2.45) is 5.92 Å². The zero-order valence-electron chi connectivity index (χ0n) is 13.9. The number of rotatable bonds is 5. The number of hydrogen-bond donors (Lipinski definition) is 0. The predicted molar refractivity (Wildman–Crippen MR) is 91.4 cm³/mol. The number of ether oxygens (including phenoxy) is 1. The van der Waals surface area contributed by atoms with Crippen LogP contribution >= 0.6 is 0 Å². The molecular weight excluding hydrogens is 288 g/mol. The molecule has 1 fully saturated rings. The minimum atomic E-state index is 0.0435. The summed E-state index contributed by atoms with van der Waals surface area (Å²) in [6.07, 6.45) is 2.73. The highest BCUT2D eigenvalue weighted by molar-refractivity contribution is 5.79. The zero-order chi connectivity index (χ0) is 16.2. The standard InChI is InChI=1S/C19H24N2O2/c1-3-14(4-2)19(22)21-12-11-16(13-21)23-18-10-9-15-7-5-6-8-17(15)20-18/h5-10,14,16H,3-4,11-13H2,1-2H3. The first-order chi connectivity index (χ1) is 11.2. The molecule has 23 heavy (non-hydrogen) atoms. The minimum Gasteiger partial charge on any atom is -0.472 e. The van der Waals surface area contributed by atoms with Gasteiger partial charge >= 0.3 is 0 Å². The van der Waals surface area contributed by atoms with Crippen LogP contribution in [0, 0.1) is 5.92 Å². The molecule has 1 aromatic heterocycles. The van der Waals surface area contributed by atoms with Crippen LogP contribution in [0.4, 0.5) is 0 Å². The number of amides is 1. The number of carbonyl (C=O) groups excluding carboxylic acids is 1. The molecule has 122 valence electrons. The van der Waals surface area contributed by atoms with Gasteiger partial charge in [0.05, 0.1) is 12.1 Å². The van der Waals surface area contributed by atoms with E-state index in [4.69, 9.17) is 4.74 Å². The van der Waals surface area contributed by atoms with Gasteiger partial charge in [-0.3, -0.25) is 4.79 Å². The average molecular weight is 312 g/mol. The quantitative estimate of drug-likeness (QED) is 0.846. The van der Waals surface area contributed by atoms with Crippen LogP contribution in [0.1, 0.15) is 33.1 Å². The van der Waals surface area contributed by atoms with Gasteiger partial charge in [-0.15, -0.1) is 0 Å². The van der Waals surface area contributed by atoms with Crippen LogP contribution in [0.2, 0.25) is 0 Å². The second kappa shape index (κ2) is 6.99. The Labute approximate surface area is 137 Å². The molecule has 0 saturated carbocycles. The van der Waals surface area contributed by atoms with Gasteiger partial charge in [-0.1, -0.05) is 32.0 Å². The first kappa shape index (κ1) is 15.8. The summed E-state index contributed by atoms with van der Waals surface area (Å²) in [4.78, 5) is 18.9. The largest absolute Gasteiger partial charge is 0.472 e. The molecule has 4 heteroatoms. The molecule has 0 bridgehead atoms. The summed E-state index contributed by atoms with van der Waals surface area (Å²) in [5.74, 6) is 1.06. The van der Waals surface area contributed by atoms with E-state index < -0.39 is 0 Å². The van der Waals surface area contributed by atoms with Crippen LogP contribution in [-0.4, -0.2) is 35.0 Å². The normalized spacial score (nSPS) is 17.9. The molecule has 1 aromatic carbocycles. The molecule has 1 amide bonds. The third kappa shape index (κ3) is 3.46. The lowest BCUT2D eigenvalue weighted by Gasteiger charge is -2.21. The first-order valence-corrected chi connectivity index (χ1v) is 8.52. The van der Waals surface area contributed by atoms with E-state index >= 15 is 0 Å². The van der Waals surface area contributed by atoms with Crippen molar-refractivity contribution in [1.29, 1.82) is 0 Å². The highest BCUT2D eigenvalue weighted by atomic mass is 16.5. The van der Waals surface area contributed by atoms with Gasteiger partial charge in [-0.05, 0) is 25.0 Å². The molecule has 3 rings (SSSR count). The molecule has 0 radical (unpaired) electrons. The summed E-state index contributed by atoms with van der Waals surface area (Å²) in [7, 11) is 0. The SMILES string of the molecule is CCC(CC)C(=O)N1CCC(Oc2ccc3ccccc3n2)C1. The fraction of sp³-hybridized carbons (Fsp3) is 0.474. The van der Waals surface area contributed by atoms with Crippen molar-refractivity contribution >= 4 is 16.8 Å². The molecule has 2 aromatic rings. The molecule has 4 nitrogen and oxygen atoms in total. The highest BCUT2D eigenvalue weighted by Crippen LogP contribution is 2.22. The van der Waals surface area contributed by atoms with Gasteiger partial charge in [0.25, 0.3) is 0 Å². The van der Waals surface area contributed by atoms with Crippen LogP contribution in [0.5, 0.6) is 5.88 Å². The van der Waals surface area contributed by atoms with Crippen molar-refractivity contribution in [3.8, 4) is 5.88 Å². The van der Waals surface area contributed by atoms with E-state index in [0.717, 1.165) is 36.7 Å². The van der Waals surface area contributed by atoms with Crippen molar-refractivity contribution in [3.63, 3.8) is 0 Å². The monoisotopic (exact) mass is 312 g/mol. The van der Waals surface area contributed by atoms with E-state index in [2.05, 4.69) is 18.8 Å². The van der Waals surface area contributed by atoms with Gasteiger partial charge in [0.1, 0.15) is 6.10 Å². The van der Waals surface area contributed by atoms with Gasteiger partial charge in [-0.25, -0.2) is 4.98 Å². The Kier molecular flexibility index (Phi) is 4.79. The number of benzene rings is 1. The van der Waals surface area contributed by atoms with Crippen molar-refractivity contribution in [3.05, 3.63) is 36.4 Å². The lowest BCUT2D eigenvalue weighted by Crippen LogP contribution is -2.35. The Morgan fingerprint density at radius 2 is 2.04 bits per heavy atom. The summed E-state index contributed by atoms with van der Waals surface area (Å²) in [6, 6.07) is 11.9.